The number of hydrogen-bond acceptors (Lipinski definition) is 7. The molecule has 43 heavy (non-hydrogen) atoms. The van der Waals surface area contributed by atoms with Crippen molar-refractivity contribution < 1.29 is 22.7 Å². The van der Waals surface area contributed by atoms with Gasteiger partial charge >= 0.3 is 17.8 Å². The molecule has 0 aromatic carbocycles. The fourth-order valence-corrected chi connectivity index (χ4v) is 8.69. The summed E-state index contributed by atoms with van der Waals surface area (Å²) in [5, 5.41) is 0. The van der Waals surface area contributed by atoms with Crippen molar-refractivity contribution >= 4 is 11.5 Å². The maximum absolute atomic E-state index is 14.4. The standard InChI is InChI=1S/C31H43F3N6O3/c1-37-19-35-36-27(37)26(21-4-2-5-21)22-6-3-7-23(15-22)39-18-25-24(31(32,33)34)14-20(17-40(25)29(39)42)16-38-11-8-30(9-12-38)10-13-43-28(30)41/h14,17-18,21-23,26-27,35-36H,2-13,15-16,19H2,1H3/t22?,23?,26-,27?/m1/s1. The zero-order valence-corrected chi connectivity index (χ0v) is 24.9. The number of esters is 1. The van der Waals surface area contributed by atoms with Crippen LogP contribution in [0.5, 0.6) is 0 Å². The predicted octanol–water partition coefficient (Wildman–Crippen LogP) is 4.12. The van der Waals surface area contributed by atoms with E-state index in [4.69, 9.17) is 4.74 Å². The molecule has 2 aliphatic carbocycles. The van der Waals surface area contributed by atoms with Gasteiger partial charge < -0.3 is 4.74 Å². The lowest BCUT2D eigenvalue weighted by Crippen LogP contribution is -2.50. The zero-order chi connectivity index (χ0) is 29.9. The topological polar surface area (TPSA) is 83.2 Å². The van der Waals surface area contributed by atoms with Gasteiger partial charge in [0.2, 0.25) is 0 Å². The third-order valence-corrected chi connectivity index (χ3v) is 11.4. The summed E-state index contributed by atoms with van der Waals surface area (Å²) >= 11 is 0. The minimum Gasteiger partial charge on any atom is -0.465 e. The van der Waals surface area contributed by atoms with Crippen LogP contribution in [0.1, 0.15) is 81.4 Å². The fraction of sp³-hybridized carbons (Fsp3) is 0.742. The van der Waals surface area contributed by atoms with Crippen LogP contribution in [0, 0.1) is 23.2 Å². The van der Waals surface area contributed by atoms with Crippen molar-refractivity contribution in [3.05, 3.63) is 40.1 Å². The molecule has 3 aliphatic heterocycles. The molecule has 3 unspecified atom stereocenters. The van der Waals surface area contributed by atoms with E-state index in [1.165, 1.54) is 35.9 Å². The molecule has 2 aromatic heterocycles. The molecule has 12 heteroatoms. The van der Waals surface area contributed by atoms with Crippen LogP contribution in [0.2, 0.25) is 0 Å². The number of rotatable bonds is 6. The quantitative estimate of drug-likeness (QED) is 0.480. The van der Waals surface area contributed by atoms with Gasteiger partial charge in [-0.25, -0.2) is 15.6 Å². The molecule has 9 nitrogen and oxygen atoms in total. The maximum Gasteiger partial charge on any atom is 0.418 e. The summed E-state index contributed by atoms with van der Waals surface area (Å²) in [5.74, 6) is 1.33. The molecule has 0 amide bonds. The molecule has 4 atom stereocenters. The van der Waals surface area contributed by atoms with Gasteiger partial charge in [-0.2, -0.15) is 13.2 Å². The number of hydrogen-bond donors (Lipinski definition) is 2. The van der Waals surface area contributed by atoms with E-state index in [9.17, 15) is 22.8 Å². The van der Waals surface area contributed by atoms with Crippen molar-refractivity contribution in [3.8, 4) is 0 Å². The highest BCUT2D eigenvalue weighted by Crippen LogP contribution is 2.47. The van der Waals surface area contributed by atoms with E-state index in [-0.39, 0.29) is 23.7 Å². The van der Waals surface area contributed by atoms with Gasteiger partial charge in [0.15, 0.2) is 0 Å². The number of imidazole rings is 1. The number of carbonyl (C=O) groups is 1. The third kappa shape index (κ3) is 5.32. The Hall–Kier alpha value is -2.41. The molecule has 5 fully saturated rings. The van der Waals surface area contributed by atoms with E-state index in [2.05, 4.69) is 27.7 Å². The highest BCUT2D eigenvalue weighted by atomic mass is 19.4. The molecule has 2 N–H and O–H groups in total. The molecule has 0 bridgehead atoms. The number of alkyl halides is 3. The molecule has 5 aliphatic rings. The van der Waals surface area contributed by atoms with E-state index in [1.54, 1.807) is 10.8 Å². The van der Waals surface area contributed by atoms with Gasteiger partial charge in [0.25, 0.3) is 0 Å². The monoisotopic (exact) mass is 604 g/mol. The largest absolute Gasteiger partial charge is 0.465 e. The van der Waals surface area contributed by atoms with Crippen LogP contribution < -0.4 is 16.5 Å². The van der Waals surface area contributed by atoms with Crippen LogP contribution in [0.15, 0.2) is 23.3 Å². The Labute approximate surface area is 249 Å². The Morgan fingerprint density at radius 3 is 2.42 bits per heavy atom. The SMILES string of the molecule is CN1CNNC1[C@H](C1CCC1)C1CCCC(n2cc3c(C(F)(F)F)cc(CN4CCC5(CCOC5=O)CC4)cn3c2=O)C1. The first-order chi connectivity index (χ1) is 20.6. The minimum atomic E-state index is -4.59. The summed E-state index contributed by atoms with van der Waals surface area (Å²) in [6.07, 6.45) is 8.00. The first kappa shape index (κ1) is 29.3. The summed E-state index contributed by atoms with van der Waals surface area (Å²) in [6.45, 7) is 2.74. The Kier molecular flexibility index (Phi) is 7.63. The first-order valence-corrected chi connectivity index (χ1v) is 16.0. The molecule has 3 saturated heterocycles. The second-order valence-corrected chi connectivity index (χ2v) is 13.8. The van der Waals surface area contributed by atoms with Crippen molar-refractivity contribution in [1.82, 2.24) is 29.6 Å². The van der Waals surface area contributed by atoms with Gasteiger partial charge in [0.1, 0.15) is 0 Å². The Bertz CT molecular complexity index is 1410. The van der Waals surface area contributed by atoms with Gasteiger partial charge in [-0.1, -0.05) is 25.7 Å². The highest BCUT2D eigenvalue weighted by Gasteiger charge is 2.47. The van der Waals surface area contributed by atoms with Gasteiger partial charge in [-0.15, -0.1) is 0 Å². The van der Waals surface area contributed by atoms with Gasteiger partial charge in [0.05, 0.1) is 35.9 Å². The van der Waals surface area contributed by atoms with E-state index < -0.39 is 22.8 Å². The minimum absolute atomic E-state index is 0.0772. The maximum atomic E-state index is 14.4. The second kappa shape index (κ2) is 11.2. The van der Waals surface area contributed by atoms with Crippen LogP contribution in [-0.4, -0.2) is 64.3 Å². The van der Waals surface area contributed by atoms with Crippen molar-refractivity contribution in [3.63, 3.8) is 0 Å². The molecule has 7 rings (SSSR count). The predicted molar refractivity (Wildman–Crippen MR) is 154 cm³/mol. The molecule has 236 valence electrons. The molecule has 2 aromatic rings. The number of piperidine rings is 1. The fourth-order valence-electron chi connectivity index (χ4n) is 8.69. The van der Waals surface area contributed by atoms with Gasteiger partial charge in [-0.05, 0) is 88.0 Å². The first-order valence-electron chi connectivity index (χ1n) is 16.0. The number of pyridine rings is 1. The molecule has 1 spiro atoms. The molecule has 0 radical (unpaired) electrons. The number of ether oxygens (including phenoxy) is 1. The highest BCUT2D eigenvalue weighted by molar-refractivity contribution is 5.78. The Balaban J connectivity index is 1.15. The van der Waals surface area contributed by atoms with E-state index in [1.807, 2.05) is 0 Å². The van der Waals surface area contributed by atoms with E-state index in [0.717, 1.165) is 32.4 Å². The summed E-state index contributed by atoms with van der Waals surface area (Å²) in [5.41, 5.74) is 5.52. The summed E-state index contributed by atoms with van der Waals surface area (Å²) < 4.78 is 51.2. The van der Waals surface area contributed by atoms with E-state index >= 15 is 0 Å². The summed E-state index contributed by atoms with van der Waals surface area (Å²) in [7, 11) is 2.12. The molecular formula is C31H43F3N6O3. The van der Waals surface area contributed by atoms with Crippen LogP contribution in [0.4, 0.5) is 13.2 Å². The van der Waals surface area contributed by atoms with Crippen LogP contribution in [0.25, 0.3) is 5.52 Å². The lowest BCUT2D eigenvalue weighted by atomic mass is 9.65. The van der Waals surface area contributed by atoms with E-state index in [0.29, 0.717) is 68.8 Å². The van der Waals surface area contributed by atoms with Crippen LogP contribution in [0.3, 0.4) is 0 Å². The number of halogens is 3. The van der Waals surface area contributed by atoms with Crippen molar-refractivity contribution in [2.24, 2.45) is 23.2 Å². The zero-order valence-electron chi connectivity index (χ0n) is 24.9. The number of cyclic esters (lactones) is 1. The smallest absolute Gasteiger partial charge is 0.418 e. The number of nitrogens with zero attached hydrogens (tertiary/aromatic N) is 4. The number of fused-ring (bicyclic) bond motifs is 1. The van der Waals surface area contributed by atoms with Gasteiger partial charge in [-0.3, -0.25) is 23.6 Å². The summed E-state index contributed by atoms with van der Waals surface area (Å²) in [4.78, 5) is 30.5. The summed E-state index contributed by atoms with van der Waals surface area (Å²) in [6, 6.07) is 1.08. The van der Waals surface area contributed by atoms with Crippen molar-refractivity contribution in [2.75, 3.05) is 33.4 Å². The number of aromatic nitrogens is 2. The van der Waals surface area contributed by atoms with Crippen LogP contribution >= 0.6 is 0 Å². The molecule has 2 saturated carbocycles. The molecule has 5 heterocycles. The number of nitrogens with one attached hydrogen (secondary N) is 2. The van der Waals surface area contributed by atoms with Crippen molar-refractivity contribution in [2.45, 2.75) is 89.1 Å². The third-order valence-electron chi connectivity index (χ3n) is 11.4. The molecular weight excluding hydrogens is 561 g/mol. The second-order valence-electron chi connectivity index (χ2n) is 13.8. The van der Waals surface area contributed by atoms with Crippen LogP contribution in [-0.2, 0) is 22.3 Å². The normalized spacial score (nSPS) is 29.8. The number of hydrazine groups is 1. The Morgan fingerprint density at radius 1 is 1.05 bits per heavy atom. The lowest BCUT2D eigenvalue weighted by Gasteiger charge is -2.46. The average Bonchev–Trinajstić information content (AvgIpc) is 3.64. The lowest BCUT2D eigenvalue weighted by molar-refractivity contribution is -0.148. The number of likely N-dealkylation sites (tertiary alicyclic amines) is 1. The number of carbonyl (C=O) groups excluding carboxylic acids is 1. The Morgan fingerprint density at radius 2 is 1.79 bits per heavy atom. The average molecular weight is 605 g/mol. The van der Waals surface area contributed by atoms with Gasteiger partial charge in [0, 0.05) is 25.0 Å². The van der Waals surface area contributed by atoms with Crippen molar-refractivity contribution in [1.29, 1.82) is 0 Å².